The normalized spacial score (nSPS) is 9.99. The fraction of sp³-hybridized carbons (Fsp3) is 0. The molecular formula is C55H46O10P3Rh. The summed E-state index contributed by atoms with van der Waals surface area (Å²) < 4.78 is 52.6. The topological polar surface area (TPSA) is 100 Å². The Morgan fingerprint density at radius 2 is 0.304 bits per heavy atom. The maximum Gasteiger partial charge on any atom is 0.530 e. The van der Waals surface area contributed by atoms with Gasteiger partial charge in [0, 0.05) is 0 Å². The van der Waals surface area contributed by atoms with E-state index in [1.165, 1.54) is 0 Å². The van der Waals surface area contributed by atoms with Crippen LogP contribution in [0.2, 0.25) is 0 Å². The molecule has 0 aromatic heterocycles. The molecule has 0 fully saturated rings. The van der Waals surface area contributed by atoms with Crippen molar-refractivity contribution < 1.29 is 63.8 Å². The van der Waals surface area contributed by atoms with Gasteiger partial charge in [0.25, 0.3) is 0 Å². The Morgan fingerprint density at radius 1 is 0.217 bits per heavy atom. The van der Waals surface area contributed by atoms with E-state index in [9.17, 15) is 0 Å². The summed E-state index contributed by atoms with van der Waals surface area (Å²) in [5.41, 5.74) is 0. The molecule has 0 aliphatic heterocycles. The van der Waals surface area contributed by atoms with E-state index < -0.39 is 25.8 Å². The molecule has 0 bridgehead atoms. The first-order chi connectivity index (χ1) is 34.1. The van der Waals surface area contributed by atoms with Gasteiger partial charge in [-0.25, -0.2) is 0 Å². The van der Waals surface area contributed by atoms with E-state index >= 15 is 0 Å². The van der Waals surface area contributed by atoms with Crippen LogP contribution in [-0.4, -0.2) is 4.88 Å². The first-order valence-electron chi connectivity index (χ1n) is 21.1. The molecule has 0 radical (unpaired) electrons. The van der Waals surface area contributed by atoms with Crippen LogP contribution in [0.1, 0.15) is 0 Å². The standard InChI is InChI=1S/3C18H15O3P.CHO.Rh/c3*1-4-10-16(11-5-1)19-22(20-17-12-6-2-7-13-17)21-18-14-8-3-9-15-18;1-2;/h3*1-15H;1H;. The van der Waals surface area contributed by atoms with Crippen molar-refractivity contribution in [2.45, 2.75) is 0 Å². The second-order valence-corrected chi connectivity index (χ2v) is 16.8. The minimum Gasteiger partial charge on any atom is -0.409 e. The molecule has 0 amide bonds. The van der Waals surface area contributed by atoms with Crippen LogP contribution >= 0.6 is 25.8 Å². The van der Waals surface area contributed by atoms with E-state index in [0.29, 0.717) is 56.6 Å². The molecule has 10 nitrogen and oxygen atoms in total. The first-order valence-corrected chi connectivity index (χ1v) is 25.3. The Kier molecular flexibility index (Phi) is 22.9. The summed E-state index contributed by atoms with van der Waals surface area (Å²) in [5, 5.41) is 0. The molecule has 14 heteroatoms. The summed E-state index contributed by atoms with van der Waals surface area (Å²) in [7, 11) is -4.77. The van der Waals surface area contributed by atoms with E-state index in [1.54, 1.807) is 0 Å². The number of rotatable bonds is 18. The zero-order valence-corrected chi connectivity index (χ0v) is 41.1. The van der Waals surface area contributed by atoms with E-state index in [2.05, 4.69) is 0 Å². The molecule has 9 aromatic carbocycles. The van der Waals surface area contributed by atoms with E-state index in [0.717, 1.165) is 0 Å². The van der Waals surface area contributed by atoms with Crippen LogP contribution in [0.4, 0.5) is 0 Å². The summed E-state index contributed by atoms with van der Waals surface area (Å²) >= 11 is 2.04. The molecule has 9 aromatic rings. The van der Waals surface area contributed by atoms with Crippen LogP contribution in [0.5, 0.6) is 51.7 Å². The Morgan fingerprint density at radius 3 is 0.391 bits per heavy atom. The van der Waals surface area contributed by atoms with Crippen LogP contribution in [-0.2, 0) is 23.1 Å². The van der Waals surface area contributed by atoms with Crippen LogP contribution in [0.15, 0.2) is 273 Å². The minimum absolute atomic E-state index is 0.640. The van der Waals surface area contributed by atoms with Crippen molar-refractivity contribution in [1.29, 1.82) is 0 Å². The van der Waals surface area contributed by atoms with Gasteiger partial charge in [-0.05, 0) is 109 Å². The van der Waals surface area contributed by atoms with Crippen molar-refractivity contribution in [3.8, 4) is 51.7 Å². The number of benzene rings is 9. The van der Waals surface area contributed by atoms with Crippen molar-refractivity contribution in [3.05, 3.63) is 273 Å². The number of para-hydroxylation sites is 9. The van der Waals surface area contributed by atoms with Gasteiger partial charge in [-0.1, -0.05) is 164 Å². The Labute approximate surface area is 417 Å². The molecule has 0 saturated carbocycles. The third-order valence-electron chi connectivity index (χ3n) is 8.31. The van der Waals surface area contributed by atoms with Gasteiger partial charge in [0.1, 0.15) is 51.7 Å². The maximum atomic E-state index is 8.76. The van der Waals surface area contributed by atoms with Gasteiger partial charge in [-0.3, -0.25) is 0 Å². The van der Waals surface area contributed by atoms with E-state index in [4.69, 9.17) is 45.5 Å². The summed E-state index contributed by atoms with van der Waals surface area (Å²) in [5.74, 6) is 6.38. The minimum atomic E-state index is -1.59. The van der Waals surface area contributed by atoms with Gasteiger partial charge in [0.05, 0.1) is 0 Å². The second kappa shape index (κ2) is 30.9. The molecule has 0 N–H and O–H groups in total. The Hall–Kier alpha value is -7.24. The average Bonchev–Trinajstić information content (AvgIpc) is 3.40. The first kappa shape index (κ1) is 51.2. The van der Waals surface area contributed by atoms with Gasteiger partial charge < -0.3 is 40.7 Å². The molecule has 0 heterocycles. The van der Waals surface area contributed by atoms with Crippen molar-refractivity contribution in [1.82, 2.24) is 0 Å². The van der Waals surface area contributed by atoms with Gasteiger partial charge in [0.2, 0.25) is 0 Å². The fourth-order valence-corrected chi connectivity index (χ4v) is 8.25. The fourth-order valence-electron chi connectivity index (χ4n) is 5.27. The molecule has 69 heavy (non-hydrogen) atoms. The van der Waals surface area contributed by atoms with Crippen LogP contribution in [0.25, 0.3) is 0 Å². The quantitative estimate of drug-likeness (QED) is 0.0469. The van der Waals surface area contributed by atoms with Gasteiger partial charge in [0.15, 0.2) is 0 Å². The van der Waals surface area contributed by atoms with Crippen LogP contribution in [0.3, 0.4) is 0 Å². The second-order valence-electron chi connectivity index (χ2n) is 13.4. The summed E-state index contributed by atoms with van der Waals surface area (Å²) in [6, 6.07) is 85.5. The van der Waals surface area contributed by atoms with Crippen molar-refractivity contribution in [3.63, 3.8) is 0 Å². The molecule has 0 aliphatic rings. The smallest absolute Gasteiger partial charge is 0.409 e. The Bertz CT molecular complexity index is 2090. The molecule has 0 atom stereocenters. The molecule has 0 aliphatic carbocycles. The van der Waals surface area contributed by atoms with Gasteiger partial charge in [-0.15, -0.1) is 0 Å². The SMILES string of the molecule is O=[CH][Rh].c1ccc(OP(Oc2ccccc2)Oc2ccccc2)cc1.c1ccc(OP(Oc2ccccc2)Oc2ccccc2)cc1.c1ccc(OP(Oc2ccccc2)Oc2ccccc2)cc1. The number of hydrogen-bond donors (Lipinski definition) is 0. The average molecular weight is 1060 g/mol. The predicted octanol–water partition coefficient (Wildman–Crippen LogP) is 16.1. The van der Waals surface area contributed by atoms with E-state index in [-0.39, 0.29) is 0 Å². The summed E-state index contributed by atoms with van der Waals surface area (Å²) in [6.45, 7) is 0. The summed E-state index contributed by atoms with van der Waals surface area (Å²) in [4.78, 5) is 9.40. The zero-order chi connectivity index (χ0) is 47.8. The molecule has 350 valence electrons. The van der Waals surface area contributed by atoms with Gasteiger partial charge in [-0.2, -0.15) is 0 Å². The van der Waals surface area contributed by atoms with Crippen LogP contribution in [0, 0.1) is 0 Å². The predicted molar refractivity (Wildman–Crippen MR) is 271 cm³/mol. The maximum absolute atomic E-state index is 8.76. The number of hydrogen-bond acceptors (Lipinski definition) is 10. The van der Waals surface area contributed by atoms with E-state index in [1.807, 2.05) is 291 Å². The monoisotopic (exact) mass is 1060 g/mol. The van der Waals surface area contributed by atoms with Crippen molar-refractivity contribution >= 4 is 30.7 Å². The number of carbonyl (C=O) groups excluding carboxylic acids is 1. The molecule has 0 saturated heterocycles. The van der Waals surface area contributed by atoms with Gasteiger partial charge >= 0.3 is 53.8 Å². The number of carbonyl (C=O) groups is 1. The van der Waals surface area contributed by atoms with Crippen LogP contribution < -0.4 is 40.7 Å². The largest absolute Gasteiger partial charge is 0.530 e. The third-order valence-corrected chi connectivity index (χ3v) is 11.5. The molecule has 0 spiro atoms. The molecule has 0 unspecified atom stereocenters. The molecule has 9 rings (SSSR count). The molecular weight excluding hydrogens is 1020 g/mol. The third kappa shape index (κ3) is 20.7. The summed E-state index contributed by atoms with van der Waals surface area (Å²) in [6.07, 6.45) is 0. The van der Waals surface area contributed by atoms with Crippen molar-refractivity contribution in [2.75, 3.05) is 0 Å². The Balaban J connectivity index is 0.000000165. The zero-order valence-electron chi connectivity index (χ0n) is 36.8. The van der Waals surface area contributed by atoms with Crippen molar-refractivity contribution in [2.24, 2.45) is 0 Å².